The van der Waals surface area contributed by atoms with E-state index in [4.69, 9.17) is 0 Å². The van der Waals surface area contributed by atoms with Crippen molar-refractivity contribution in [3.63, 3.8) is 0 Å². The number of aryl methyl sites for hydroxylation is 1. The summed E-state index contributed by atoms with van der Waals surface area (Å²) in [5, 5.41) is 15.3. The van der Waals surface area contributed by atoms with E-state index >= 15 is 0 Å². The number of carbonyl (C=O) groups excluding carboxylic acids is 1. The highest BCUT2D eigenvalue weighted by atomic mass is 32.2. The van der Waals surface area contributed by atoms with Crippen LogP contribution in [-0.4, -0.2) is 30.6 Å². The second kappa shape index (κ2) is 10.8. The molecule has 3 heterocycles. The van der Waals surface area contributed by atoms with Crippen molar-refractivity contribution in [3.05, 3.63) is 106 Å². The minimum atomic E-state index is -0.180. The topological polar surface area (TPSA) is 85.6 Å². The number of nitrogens with zero attached hydrogens (tertiary/aromatic N) is 5. The fourth-order valence-corrected chi connectivity index (χ4v) is 5.42. The predicted octanol–water partition coefficient (Wildman–Crippen LogP) is 5.88. The van der Waals surface area contributed by atoms with Gasteiger partial charge in [0.1, 0.15) is 10.7 Å². The first-order valence-corrected chi connectivity index (χ1v) is 13.3. The van der Waals surface area contributed by atoms with Gasteiger partial charge in [0.05, 0.1) is 11.8 Å². The van der Waals surface area contributed by atoms with Gasteiger partial charge in [0.15, 0.2) is 11.0 Å². The summed E-state index contributed by atoms with van der Waals surface area (Å²) in [5.41, 5.74) is 4.52. The van der Waals surface area contributed by atoms with Gasteiger partial charge in [-0.05, 0) is 43.7 Å². The van der Waals surface area contributed by atoms with Crippen molar-refractivity contribution >= 4 is 29.0 Å². The molecule has 5 aromatic rings. The van der Waals surface area contributed by atoms with Gasteiger partial charge in [-0.2, -0.15) is 0 Å². The Morgan fingerprint density at radius 2 is 1.86 bits per heavy atom. The van der Waals surface area contributed by atoms with Crippen LogP contribution < -0.4 is 5.32 Å². The van der Waals surface area contributed by atoms with E-state index in [2.05, 4.69) is 56.7 Å². The number of carbonyl (C=O) groups is 1. The lowest BCUT2D eigenvalue weighted by atomic mass is 10.1. The van der Waals surface area contributed by atoms with Crippen molar-refractivity contribution in [1.82, 2.24) is 30.0 Å². The number of amides is 1. The summed E-state index contributed by atoms with van der Waals surface area (Å²) in [4.78, 5) is 21.5. The minimum absolute atomic E-state index is 0.0998. The number of hydrogen-bond acceptors (Lipinski definition) is 7. The molecule has 180 valence electrons. The lowest BCUT2D eigenvalue weighted by Gasteiger charge is -2.13. The normalized spacial score (nSPS) is 11.8. The molecule has 1 amide bonds. The summed E-state index contributed by atoms with van der Waals surface area (Å²) >= 11 is 3.00. The second-order valence-corrected chi connectivity index (χ2v) is 10.1. The molecule has 0 aliphatic heterocycles. The quantitative estimate of drug-likeness (QED) is 0.262. The molecular formula is C27H24N6OS2. The second-order valence-electron chi connectivity index (χ2n) is 8.24. The molecule has 1 atom stereocenters. The standard InChI is InChI=1S/C27H24N6OS2/c1-18-10-12-22(13-11-18)33-25(21-9-6-14-28-15-21)31-32-27(33)36-17-24-30-23(16-35-24)26(34)29-19(2)20-7-4-3-5-8-20/h3-16,19H,17H2,1-2H3,(H,29,34). The van der Waals surface area contributed by atoms with Crippen LogP contribution in [-0.2, 0) is 5.75 Å². The van der Waals surface area contributed by atoms with Crippen LogP contribution in [0.1, 0.15) is 39.6 Å². The van der Waals surface area contributed by atoms with Crippen LogP contribution in [0.25, 0.3) is 17.1 Å². The van der Waals surface area contributed by atoms with Crippen molar-refractivity contribution in [3.8, 4) is 17.1 Å². The van der Waals surface area contributed by atoms with Gasteiger partial charge in [-0.25, -0.2) is 4.98 Å². The molecule has 0 saturated carbocycles. The zero-order chi connectivity index (χ0) is 24.9. The molecule has 0 aliphatic rings. The number of benzene rings is 2. The molecule has 5 rings (SSSR count). The third kappa shape index (κ3) is 5.37. The monoisotopic (exact) mass is 512 g/mol. The van der Waals surface area contributed by atoms with Gasteiger partial charge < -0.3 is 5.32 Å². The van der Waals surface area contributed by atoms with E-state index in [0.29, 0.717) is 11.4 Å². The highest BCUT2D eigenvalue weighted by Crippen LogP contribution is 2.30. The smallest absolute Gasteiger partial charge is 0.271 e. The Balaban J connectivity index is 1.33. The van der Waals surface area contributed by atoms with E-state index in [1.807, 2.05) is 54.0 Å². The maximum atomic E-state index is 12.7. The van der Waals surface area contributed by atoms with Crippen LogP contribution in [0.5, 0.6) is 0 Å². The van der Waals surface area contributed by atoms with E-state index in [-0.39, 0.29) is 11.9 Å². The Morgan fingerprint density at radius 1 is 1.06 bits per heavy atom. The van der Waals surface area contributed by atoms with Crippen LogP contribution in [0.2, 0.25) is 0 Å². The lowest BCUT2D eigenvalue weighted by molar-refractivity contribution is 0.0935. The average molecular weight is 513 g/mol. The van der Waals surface area contributed by atoms with Gasteiger partial charge >= 0.3 is 0 Å². The SMILES string of the molecule is Cc1ccc(-n2c(SCc3nc(C(=O)NC(C)c4ccccc4)cs3)nnc2-c2cccnc2)cc1. The molecule has 1 N–H and O–H groups in total. The van der Waals surface area contributed by atoms with Crippen molar-refractivity contribution in [2.75, 3.05) is 0 Å². The van der Waals surface area contributed by atoms with Gasteiger partial charge in [-0.1, -0.05) is 59.8 Å². The molecule has 36 heavy (non-hydrogen) atoms. The van der Waals surface area contributed by atoms with Gasteiger partial charge in [-0.15, -0.1) is 21.5 Å². The zero-order valence-corrected chi connectivity index (χ0v) is 21.5. The number of thiazole rings is 1. The third-order valence-corrected chi connectivity index (χ3v) is 7.57. The van der Waals surface area contributed by atoms with E-state index in [9.17, 15) is 4.79 Å². The van der Waals surface area contributed by atoms with Gasteiger partial charge in [-0.3, -0.25) is 14.3 Å². The molecule has 0 spiro atoms. The van der Waals surface area contributed by atoms with E-state index in [1.165, 1.54) is 28.7 Å². The summed E-state index contributed by atoms with van der Waals surface area (Å²) in [6, 6.07) is 21.9. The number of pyridine rings is 1. The maximum absolute atomic E-state index is 12.7. The molecule has 0 saturated heterocycles. The number of aromatic nitrogens is 5. The molecule has 0 fully saturated rings. The molecule has 2 aromatic carbocycles. The van der Waals surface area contributed by atoms with Crippen LogP contribution in [0, 0.1) is 6.92 Å². The number of rotatable bonds is 8. The van der Waals surface area contributed by atoms with Crippen LogP contribution in [0.15, 0.2) is 89.7 Å². The van der Waals surface area contributed by atoms with Gasteiger partial charge in [0, 0.05) is 29.0 Å². The Morgan fingerprint density at radius 3 is 2.61 bits per heavy atom. The predicted molar refractivity (Wildman–Crippen MR) is 143 cm³/mol. The molecule has 0 radical (unpaired) electrons. The first kappa shape index (κ1) is 23.9. The fourth-order valence-electron chi connectivity index (χ4n) is 3.68. The first-order valence-electron chi connectivity index (χ1n) is 11.4. The summed E-state index contributed by atoms with van der Waals surface area (Å²) < 4.78 is 2.03. The molecule has 0 bridgehead atoms. The summed E-state index contributed by atoms with van der Waals surface area (Å²) in [5.74, 6) is 1.12. The molecule has 3 aromatic heterocycles. The van der Waals surface area contributed by atoms with Crippen LogP contribution >= 0.6 is 23.1 Å². The summed E-state index contributed by atoms with van der Waals surface area (Å²) in [6.45, 7) is 4.03. The van der Waals surface area contributed by atoms with E-state index < -0.39 is 0 Å². The Hall–Kier alpha value is -3.82. The van der Waals surface area contributed by atoms with Gasteiger partial charge in [0.25, 0.3) is 5.91 Å². The van der Waals surface area contributed by atoms with Crippen LogP contribution in [0.4, 0.5) is 0 Å². The largest absolute Gasteiger partial charge is 0.344 e. The minimum Gasteiger partial charge on any atom is -0.344 e. The summed E-state index contributed by atoms with van der Waals surface area (Å²) in [6.07, 6.45) is 3.52. The molecule has 1 unspecified atom stereocenters. The van der Waals surface area contributed by atoms with E-state index in [0.717, 1.165) is 32.8 Å². The average Bonchev–Trinajstić information content (AvgIpc) is 3.56. The van der Waals surface area contributed by atoms with Crippen molar-refractivity contribution in [2.45, 2.75) is 30.8 Å². The van der Waals surface area contributed by atoms with Crippen molar-refractivity contribution in [2.24, 2.45) is 0 Å². The highest BCUT2D eigenvalue weighted by molar-refractivity contribution is 7.98. The Bertz CT molecular complexity index is 1450. The zero-order valence-electron chi connectivity index (χ0n) is 19.8. The number of thioether (sulfide) groups is 1. The van der Waals surface area contributed by atoms with Crippen LogP contribution in [0.3, 0.4) is 0 Å². The third-order valence-electron chi connectivity index (χ3n) is 5.60. The molecule has 9 heteroatoms. The maximum Gasteiger partial charge on any atom is 0.271 e. The fraction of sp³-hybridized carbons (Fsp3) is 0.148. The Labute approximate surface area is 217 Å². The van der Waals surface area contributed by atoms with E-state index in [1.54, 1.807) is 17.8 Å². The lowest BCUT2D eigenvalue weighted by Crippen LogP contribution is -2.26. The molecular weight excluding hydrogens is 488 g/mol. The first-order chi connectivity index (χ1) is 17.6. The molecule has 0 aliphatic carbocycles. The molecule has 7 nitrogen and oxygen atoms in total. The summed E-state index contributed by atoms with van der Waals surface area (Å²) in [7, 11) is 0. The number of nitrogens with one attached hydrogen (secondary N) is 1. The van der Waals surface area contributed by atoms with Crippen molar-refractivity contribution in [1.29, 1.82) is 0 Å². The highest BCUT2D eigenvalue weighted by Gasteiger charge is 2.18. The van der Waals surface area contributed by atoms with Gasteiger partial charge in [0.2, 0.25) is 0 Å². The van der Waals surface area contributed by atoms with Crippen molar-refractivity contribution < 1.29 is 4.79 Å². The number of hydrogen-bond donors (Lipinski definition) is 1. The Kier molecular flexibility index (Phi) is 7.20.